The molecule has 5 nitrogen and oxygen atoms in total. The Kier molecular flexibility index (Phi) is 13.0. The van der Waals surface area contributed by atoms with Crippen molar-refractivity contribution in [3.63, 3.8) is 0 Å². The van der Waals surface area contributed by atoms with Gasteiger partial charge in [0.15, 0.2) is 17.5 Å². The summed E-state index contributed by atoms with van der Waals surface area (Å²) in [5.74, 6) is 1.93. The minimum absolute atomic E-state index is 0.0254. The van der Waals surface area contributed by atoms with E-state index >= 15 is 0 Å². The quantitative estimate of drug-likeness (QED) is 0.161. The standard InChI is InChI=1S/C77H82BN5/c1-72(2,3)54-27-31-60(32-28-54)82-64-41-49-25-21-19-23-47(49)39-62(64)78-63-40-48-24-20-22-26-50(48)42-65(63)83(61-33-29-55(30-34-61)73(4,5)6)67-44-53(43-66(82)68(67)78)71-80-69(51-35-56(74(7,8)9)45-57(36-51)75(10,11)12)79-70(81-71)52-37-58(76(13,14)15)46-59(38-52)77(16,17)18/h19-46H,1-18H3. The Bertz CT molecular complexity index is 3870. The summed E-state index contributed by atoms with van der Waals surface area (Å²) in [6.45, 7) is 41.2. The van der Waals surface area contributed by atoms with Gasteiger partial charge in [-0.05, 0) is 177 Å². The van der Waals surface area contributed by atoms with E-state index in [1.165, 1.54) is 71.3 Å². The second-order valence-corrected chi connectivity index (χ2v) is 30.0. The fraction of sp³-hybridized carbons (Fsp3) is 0.312. The molecule has 0 saturated heterocycles. The first-order chi connectivity index (χ1) is 38.9. The van der Waals surface area contributed by atoms with Crippen molar-refractivity contribution < 1.29 is 0 Å². The molecule has 3 heterocycles. The molecule has 10 aromatic rings. The maximum absolute atomic E-state index is 5.73. The second-order valence-electron chi connectivity index (χ2n) is 30.0. The van der Waals surface area contributed by atoms with Crippen molar-refractivity contribution in [2.24, 2.45) is 0 Å². The molecule has 12 rings (SSSR count). The van der Waals surface area contributed by atoms with Crippen molar-refractivity contribution >= 4 is 78.8 Å². The molecule has 0 bridgehead atoms. The third-order valence-corrected chi connectivity index (χ3v) is 17.5. The van der Waals surface area contributed by atoms with Crippen LogP contribution in [0.1, 0.15) is 158 Å². The van der Waals surface area contributed by atoms with Gasteiger partial charge in [-0.1, -0.05) is 222 Å². The van der Waals surface area contributed by atoms with Gasteiger partial charge >= 0.3 is 0 Å². The molecule has 0 amide bonds. The Hall–Kier alpha value is -7.83. The second kappa shape index (κ2) is 19.4. The molecule has 0 atom stereocenters. The zero-order chi connectivity index (χ0) is 59.1. The van der Waals surface area contributed by atoms with Crippen LogP contribution in [0, 0.1) is 0 Å². The Morgan fingerprint density at radius 1 is 0.277 bits per heavy atom. The molecule has 2 aliphatic heterocycles. The average Bonchev–Trinajstić information content (AvgIpc) is 2.11. The first-order valence-electron chi connectivity index (χ1n) is 30.0. The van der Waals surface area contributed by atoms with E-state index in [0.717, 1.165) is 50.8 Å². The summed E-state index contributed by atoms with van der Waals surface area (Å²) in [5.41, 5.74) is 20.4. The van der Waals surface area contributed by atoms with Crippen molar-refractivity contribution in [3.05, 3.63) is 203 Å². The van der Waals surface area contributed by atoms with E-state index in [0.29, 0.717) is 17.5 Å². The third kappa shape index (κ3) is 10.2. The molecule has 0 aliphatic carbocycles. The lowest BCUT2D eigenvalue weighted by Gasteiger charge is -2.44. The maximum Gasteiger partial charge on any atom is 0.252 e. The smallest absolute Gasteiger partial charge is 0.252 e. The highest BCUT2D eigenvalue weighted by molar-refractivity contribution is 7.00. The SMILES string of the molecule is CC(C)(C)c1ccc(N2c3cc4ccccc4cc3B3c4cc5ccccc5cc4N(c4ccc(C(C)(C)C)cc4)c4cc(-c5nc(-c6cc(C(C)(C)C)cc(C(C)(C)C)c6)nc(-c6cc(C(C)(C)C)cc(C(C)(C)C)c6)n5)cc2c43)cc1. The molecule has 0 radical (unpaired) electrons. The topological polar surface area (TPSA) is 45.2 Å². The van der Waals surface area contributed by atoms with E-state index in [9.17, 15) is 0 Å². The highest BCUT2D eigenvalue weighted by atomic mass is 15.2. The van der Waals surface area contributed by atoms with Gasteiger partial charge in [0.2, 0.25) is 0 Å². The fourth-order valence-electron chi connectivity index (χ4n) is 12.3. The maximum atomic E-state index is 5.73. The van der Waals surface area contributed by atoms with Gasteiger partial charge in [0.05, 0.1) is 0 Å². The van der Waals surface area contributed by atoms with E-state index in [4.69, 9.17) is 15.0 Å². The molecule has 0 spiro atoms. The first-order valence-corrected chi connectivity index (χ1v) is 30.0. The van der Waals surface area contributed by atoms with Crippen molar-refractivity contribution in [1.29, 1.82) is 0 Å². The third-order valence-electron chi connectivity index (χ3n) is 17.5. The van der Waals surface area contributed by atoms with Crippen LogP contribution in [0.3, 0.4) is 0 Å². The van der Waals surface area contributed by atoms with Crippen LogP contribution >= 0.6 is 0 Å². The molecule has 2 aliphatic rings. The van der Waals surface area contributed by atoms with Crippen LogP contribution in [0.4, 0.5) is 34.1 Å². The van der Waals surface area contributed by atoms with E-state index in [2.05, 4.69) is 304 Å². The van der Waals surface area contributed by atoms with Crippen molar-refractivity contribution in [2.75, 3.05) is 9.80 Å². The fourth-order valence-corrected chi connectivity index (χ4v) is 12.3. The molecule has 0 saturated carbocycles. The summed E-state index contributed by atoms with van der Waals surface area (Å²) in [4.78, 5) is 22.1. The summed E-state index contributed by atoms with van der Waals surface area (Å²) < 4.78 is 0. The number of nitrogens with zero attached hydrogens (tertiary/aromatic N) is 5. The largest absolute Gasteiger partial charge is 0.311 e. The average molecular weight is 1090 g/mol. The van der Waals surface area contributed by atoms with Crippen molar-refractivity contribution in [2.45, 2.75) is 157 Å². The van der Waals surface area contributed by atoms with E-state index in [1.54, 1.807) is 0 Å². The van der Waals surface area contributed by atoms with Gasteiger partial charge < -0.3 is 9.80 Å². The molecule has 418 valence electrons. The Morgan fingerprint density at radius 2 is 0.554 bits per heavy atom. The molecular formula is C77H82BN5. The monoisotopic (exact) mass is 1090 g/mol. The Balaban J connectivity index is 1.23. The van der Waals surface area contributed by atoms with Gasteiger partial charge in [-0.15, -0.1) is 0 Å². The summed E-state index contributed by atoms with van der Waals surface area (Å²) in [6.07, 6.45) is 0. The number of fused-ring (bicyclic) bond motifs is 6. The highest BCUT2D eigenvalue weighted by Gasteiger charge is 2.44. The van der Waals surface area contributed by atoms with Gasteiger partial charge in [-0.25, -0.2) is 15.0 Å². The Morgan fingerprint density at radius 3 is 0.843 bits per heavy atom. The van der Waals surface area contributed by atoms with E-state index in [1.807, 2.05) is 0 Å². The predicted molar refractivity (Wildman–Crippen MR) is 357 cm³/mol. The van der Waals surface area contributed by atoms with Crippen LogP contribution in [0.25, 0.3) is 55.7 Å². The van der Waals surface area contributed by atoms with E-state index < -0.39 is 0 Å². The van der Waals surface area contributed by atoms with Gasteiger partial charge in [0, 0.05) is 50.8 Å². The first kappa shape index (κ1) is 55.7. The van der Waals surface area contributed by atoms with Crippen LogP contribution < -0.4 is 26.2 Å². The predicted octanol–water partition coefficient (Wildman–Crippen LogP) is 19.0. The normalized spacial score (nSPS) is 13.8. The van der Waals surface area contributed by atoms with Crippen molar-refractivity contribution in [3.8, 4) is 34.2 Å². The number of anilines is 6. The minimum Gasteiger partial charge on any atom is -0.311 e. The number of aromatic nitrogens is 3. The number of rotatable bonds is 5. The molecule has 0 unspecified atom stereocenters. The molecule has 0 N–H and O–H groups in total. The minimum atomic E-state index is -0.124. The lowest BCUT2D eigenvalue weighted by molar-refractivity contribution is 0.568. The molecule has 83 heavy (non-hydrogen) atoms. The summed E-state index contributed by atoms with van der Waals surface area (Å²) >= 11 is 0. The number of hydrogen-bond acceptors (Lipinski definition) is 5. The lowest BCUT2D eigenvalue weighted by Crippen LogP contribution is -2.61. The number of hydrogen-bond donors (Lipinski definition) is 0. The van der Waals surface area contributed by atoms with Gasteiger partial charge in [-0.3, -0.25) is 0 Å². The van der Waals surface area contributed by atoms with Gasteiger partial charge in [0.25, 0.3) is 6.71 Å². The number of benzene rings is 9. The molecule has 9 aromatic carbocycles. The van der Waals surface area contributed by atoms with E-state index in [-0.39, 0.29) is 39.2 Å². The Labute approximate surface area is 495 Å². The van der Waals surface area contributed by atoms with Gasteiger partial charge in [0.1, 0.15) is 0 Å². The zero-order valence-corrected chi connectivity index (χ0v) is 52.5. The highest BCUT2D eigenvalue weighted by Crippen LogP contribution is 2.48. The molecule has 6 heteroatoms. The van der Waals surface area contributed by atoms with Crippen LogP contribution in [-0.2, 0) is 32.5 Å². The summed E-state index contributed by atoms with van der Waals surface area (Å²) in [6, 6.07) is 64.9. The lowest BCUT2D eigenvalue weighted by atomic mass is 9.33. The van der Waals surface area contributed by atoms with Gasteiger partial charge in [-0.2, -0.15) is 0 Å². The van der Waals surface area contributed by atoms with Crippen LogP contribution in [0.5, 0.6) is 0 Å². The zero-order valence-electron chi connectivity index (χ0n) is 52.5. The molecule has 0 fully saturated rings. The van der Waals surface area contributed by atoms with Crippen molar-refractivity contribution in [1.82, 2.24) is 15.0 Å². The van der Waals surface area contributed by atoms with Crippen LogP contribution in [-0.4, -0.2) is 21.7 Å². The van der Waals surface area contributed by atoms with Crippen LogP contribution in [0.15, 0.2) is 170 Å². The molecule has 1 aromatic heterocycles. The summed E-state index contributed by atoms with van der Waals surface area (Å²) in [7, 11) is 0. The summed E-state index contributed by atoms with van der Waals surface area (Å²) in [5, 5.41) is 4.84. The molecular weight excluding hydrogens is 1010 g/mol. The van der Waals surface area contributed by atoms with Crippen LogP contribution in [0.2, 0.25) is 0 Å².